The summed E-state index contributed by atoms with van der Waals surface area (Å²) in [7, 11) is 0. The van der Waals surface area contributed by atoms with E-state index in [0.29, 0.717) is 6.42 Å². The number of hydrogen-bond donors (Lipinski definition) is 2. The summed E-state index contributed by atoms with van der Waals surface area (Å²) in [5.41, 5.74) is 7.74. The predicted octanol–water partition coefficient (Wildman–Crippen LogP) is 6.84. The summed E-state index contributed by atoms with van der Waals surface area (Å²) in [5.74, 6) is 0.0571. The van der Waals surface area contributed by atoms with Crippen LogP contribution in [0.25, 0.3) is 22.3 Å². The van der Waals surface area contributed by atoms with Gasteiger partial charge in [0.1, 0.15) is 0 Å². The molecule has 2 N–H and O–H groups in total. The van der Waals surface area contributed by atoms with Crippen LogP contribution in [-0.4, -0.2) is 15.9 Å². The van der Waals surface area contributed by atoms with Crippen LogP contribution in [0.5, 0.6) is 0 Å². The molecule has 0 spiro atoms. The lowest BCUT2D eigenvalue weighted by Crippen LogP contribution is -2.11. The van der Waals surface area contributed by atoms with Crippen molar-refractivity contribution in [3.8, 4) is 11.4 Å². The van der Waals surface area contributed by atoms with Gasteiger partial charge >= 0.3 is 0 Å². The number of anilines is 1. The van der Waals surface area contributed by atoms with E-state index in [4.69, 9.17) is 0 Å². The van der Waals surface area contributed by atoms with E-state index >= 15 is 0 Å². The van der Waals surface area contributed by atoms with Crippen molar-refractivity contribution in [3.05, 3.63) is 83.6 Å². The fraction of sp³-hybridized carbons (Fsp3) is 0.286. The fourth-order valence-electron chi connectivity index (χ4n) is 4.14. The molecule has 4 heteroatoms. The van der Waals surface area contributed by atoms with Crippen molar-refractivity contribution in [1.82, 2.24) is 9.97 Å². The maximum Gasteiger partial charge on any atom is 0.224 e. The second-order valence-corrected chi connectivity index (χ2v) is 8.44. The zero-order chi connectivity index (χ0) is 22.3. The highest BCUT2D eigenvalue weighted by Gasteiger charge is 2.15. The Labute approximate surface area is 190 Å². The molecule has 2 aromatic heterocycles. The number of benzene rings is 2. The third kappa shape index (κ3) is 5.25. The van der Waals surface area contributed by atoms with Crippen LogP contribution >= 0.6 is 0 Å². The third-order valence-electron chi connectivity index (χ3n) is 5.87. The number of aryl methyl sites for hydroxylation is 3. The third-order valence-corrected chi connectivity index (χ3v) is 5.87. The summed E-state index contributed by atoms with van der Waals surface area (Å²) >= 11 is 0. The van der Waals surface area contributed by atoms with E-state index in [1.165, 1.54) is 34.9 Å². The van der Waals surface area contributed by atoms with Gasteiger partial charge in [0, 0.05) is 29.2 Å². The van der Waals surface area contributed by atoms with Crippen molar-refractivity contribution in [3.63, 3.8) is 0 Å². The van der Waals surface area contributed by atoms with E-state index in [2.05, 4.69) is 59.5 Å². The van der Waals surface area contributed by atoms with Crippen LogP contribution < -0.4 is 5.32 Å². The number of amides is 1. The Hall–Kier alpha value is -3.40. The summed E-state index contributed by atoms with van der Waals surface area (Å²) in [6.07, 6.45) is 7.37. The number of nitrogens with zero attached hydrogens (tertiary/aromatic N) is 1. The van der Waals surface area contributed by atoms with E-state index in [-0.39, 0.29) is 5.91 Å². The predicted molar refractivity (Wildman–Crippen MR) is 133 cm³/mol. The Bertz CT molecular complexity index is 1180. The molecule has 0 aliphatic heterocycles. The molecular weight excluding hydrogens is 394 g/mol. The zero-order valence-corrected chi connectivity index (χ0v) is 18.9. The summed E-state index contributed by atoms with van der Waals surface area (Å²) in [6, 6.07) is 20.6. The van der Waals surface area contributed by atoms with Crippen LogP contribution in [0.15, 0.2) is 66.9 Å². The number of aromatic amines is 1. The molecule has 164 valence electrons. The highest BCUT2D eigenvalue weighted by molar-refractivity contribution is 5.92. The molecule has 0 aliphatic carbocycles. The van der Waals surface area contributed by atoms with Gasteiger partial charge in [-0.25, -0.2) is 0 Å². The van der Waals surface area contributed by atoms with Gasteiger partial charge in [0.05, 0.1) is 11.4 Å². The summed E-state index contributed by atoms with van der Waals surface area (Å²) in [5, 5.41) is 4.26. The van der Waals surface area contributed by atoms with Crippen molar-refractivity contribution in [1.29, 1.82) is 0 Å². The monoisotopic (exact) mass is 425 g/mol. The Morgan fingerprint density at radius 3 is 2.59 bits per heavy atom. The lowest BCUT2D eigenvalue weighted by Gasteiger charge is -2.08. The van der Waals surface area contributed by atoms with Crippen molar-refractivity contribution in [2.24, 2.45) is 0 Å². The van der Waals surface area contributed by atoms with E-state index in [1.807, 2.05) is 36.5 Å². The molecule has 0 radical (unpaired) electrons. The second kappa shape index (κ2) is 10.3. The van der Waals surface area contributed by atoms with Crippen LogP contribution in [0.3, 0.4) is 0 Å². The largest absolute Gasteiger partial charge is 0.353 e. The van der Waals surface area contributed by atoms with Gasteiger partial charge in [0.15, 0.2) is 0 Å². The maximum atomic E-state index is 12.5. The number of carbonyl (C=O) groups is 1. The molecule has 2 heterocycles. The van der Waals surface area contributed by atoms with Gasteiger partial charge in [-0.05, 0) is 80.1 Å². The number of H-pyrrole nitrogens is 1. The number of pyridine rings is 1. The fourth-order valence-corrected chi connectivity index (χ4v) is 4.14. The topological polar surface area (TPSA) is 57.8 Å². The van der Waals surface area contributed by atoms with Crippen molar-refractivity contribution in [2.75, 3.05) is 5.32 Å². The summed E-state index contributed by atoms with van der Waals surface area (Å²) in [6.45, 7) is 4.31. The van der Waals surface area contributed by atoms with Crippen molar-refractivity contribution < 1.29 is 4.79 Å². The van der Waals surface area contributed by atoms with Crippen LogP contribution in [0, 0.1) is 6.92 Å². The van der Waals surface area contributed by atoms with Crippen LogP contribution in [0.1, 0.15) is 49.3 Å². The summed E-state index contributed by atoms with van der Waals surface area (Å²) in [4.78, 5) is 20.6. The molecule has 0 atom stereocenters. The van der Waals surface area contributed by atoms with Gasteiger partial charge in [0.25, 0.3) is 0 Å². The minimum absolute atomic E-state index is 0.0571. The normalized spacial score (nSPS) is 11.1. The molecule has 2 aromatic carbocycles. The average Bonchev–Trinajstić information content (AvgIpc) is 3.17. The number of unbranched alkanes of at least 4 members (excludes halogenated alkanes) is 1. The highest BCUT2D eigenvalue weighted by atomic mass is 16.1. The van der Waals surface area contributed by atoms with Gasteiger partial charge in [-0.1, -0.05) is 43.2 Å². The molecule has 0 unspecified atom stereocenters. The Morgan fingerprint density at radius 2 is 1.84 bits per heavy atom. The number of rotatable bonds is 9. The Balaban J connectivity index is 1.42. The zero-order valence-electron chi connectivity index (χ0n) is 18.9. The average molecular weight is 426 g/mol. The van der Waals surface area contributed by atoms with Crippen LogP contribution in [-0.2, 0) is 17.6 Å². The Morgan fingerprint density at radius 1 is 1.00 bits per heavy atom. The molecule has 0 aliphatic rings. The lowest BCUT2D eigenvalue weighted by molar-refractivity contribution is -0.116. The van der Waals surface area contributed by atoms with E-state index in [0.717, 1.165) is 41.9 Å². The molecule has 0 fully saturated rings. The first kappa shape index (κ1) is 21.8. The molecule has 4 rings (SSSR count). The first-order valence-corrected chi connectivity index (χ1v) is 11.6. The van der Waals surface area contributed by atoms with Crippen LogP contribution in [0.4, 0.5) is 5.69 Å². The first-order chi connectivity index (χ1) is 15.6. The van der Waals surface area contributed by atoms with Gasteiger partial charge in [0.2, 0.25) is 5.91 Å². The standard InChI is InChI=1S/C28H31N3O/c1-3-4-8-21-13-15-22(16-14-21)30-27(32)11-7-9-23-24-19-20(2)12-17-25(24)31-28(23)26-10-5-6-18-29-26/h5-6,10,12-19,31H,3-4,7-9,11H2,1-2H3,(H,30,32). The highest BCUT2D eigenvalue weighted by Crippen LogP contribution is 2.31. The SMILES string of the molecule is CCCCc1ccc(NC(=O)CCCc2c(-c3ccccn3)[nH]c3ccc(C)cc23)cc1. The molecule has 4 aromatic rings. The molecule has 0 bridgehead atoms. The molecule has 0 saturated heterocycles. The number of nitrogens with one attached hydrogen (secondary N) is 2. The molecule has 1 amide bonds. The maximum absolute atomic E-state index is 12.5. The summed E-state index contributed by atoms with van der Waals surface area (Å²) < 4.78 is 0. The van der Waals surface area contributed by atoms with E-state index < -0.39 is 0 Å². The number of aromatic nitrogens is 2. The molecule has 4 nitrogen and oxygen atoms in total. The quantitative estimate of drug-likeness (QED) is 0.308. The van der Waals surface area contributed by atoms with Crippen molar-refractivity contribution in [2.45, 2.75) is 52.4 Å². The van der Waals surface area contributed by atoms with E-state index in [1.54, 1.807) is 0 Å². The molecule has 32 heavy (non-hydrogen) atoms. The number of hydrogen-bond acceptors (Lipinski definition) is 2. The first-order valence-electron chi connectivity index (χ1n) is 11.6. The van der Waals surface area contributed by atoms with Gasteiger partial charge in [-0.3, -0.25) is 9.78 Å². The molecule has 0 saturated carbocycles. The molecular formula is C28H31N3O. The van der Waals surface area contributed by atoms with Gasteiger partial charge in [-0.2, -0.15) is 0 Å². The number of carbonyl (C=O) groups excluding carboxylic acids is 1. The second-order valence-electron chi connectivity index (χ2n) is 8.44. The minimum atomic E-state index is 0.0571. The van der Waals surface area contributed by atoms with E-state index in [9.17, 15) is 4.79 Å². The Kier molecular flexibility index (Phi) is 7.00. The van der Waals surface area contributed by atoms with Gasteiger partial charge < -0.3 is 10.3 Å². The van der Waals surface area contributed by atoms with Gasteiger partial charge in [-0.15, -0.1) is 0 Å². The lowest BCUT2D eigenvalue weighted by atomic mass is 10.0. The van der Waals surface area contributed by atoms with Crippen LogP contribution in [0.2, 0.25) is 0 Å². The number of fused-ring (bicyclic) bond motifs is 1. The smallest absolute Gasteiger partial charge is 0.224 e. The van der Waals surface area contributed by atoms with Crippen molar-refractivity contribution >= 4 is 22.5 Å². The minimum Gasteiger partial charge on any atom is -0.353 e.